The average molecular weight is 522 g/mol. The summed E-state index contributed by atoms with van der Waals surface area (Å²) in [5.41, 5.74) is 13.7. The molecule has 0 amide bonds. The molecule has 8 aromatic rings. The zero-order chi connectivity index (χ0) is 26.7. The first-order chi connectivity index (χ1) is 20.3. The Hall–Kier alpha value is -5.28. The molecule has 2 aliphatic rings. The van der Waals surface area contributed by atoms with E-state index in [1.54, 1.807) is 0 Å². The first kappa shape index (κ1) is 21.5. The summed E-state index contributed by atoms with van der Waals surface area (Å²) in [6.07, 6.45) is 1.81. The highest BCUT2D eigenvalue weighted by Gasteiger charge is 2.29. The van der Waals surface area contributed by atoms with E-state index >= 15 is 0 Å². The third kappa shape index (κ3) is 2.73. The van der Waals surface area contributed by atoms with Crippen molar-refractivity contribution >= 4 is 43.5 Å². The van der Waals surface area contributed by atoms with E-state index in [0.29, 0.717) is 0 Å². The number of rotatable bonds is 1. The number of benzene rings is 6. The number of hydrogen-bond donors (Lipinski definition) is 0. The van der Waals surface area contributed by atoms with Crippen LogP contribution in [0.1, 0.15) is 22.3 Å². The Balaban J connectivity index is 1.41. The maximum Gasteiger partial charge on any atom is 0.235 e. The number of aromatic nitrogens is 3. The zero-order valence-corrected chi connectivity index (χ0v) is 22.2. The second-order valence-corrected chi connectivity index (χ2v) is 11.3. The van der Waals surface area contributed by atoms with Crippen LogP contribution in [0.4, 0.5) is 0 Å². The molecule has 41 heavy (non-hydrogen) atoms. The molecule has 0 bridgehead atoms. The standard InChI is InChI=1S/C38H23N3/c1-3-13-25-23(11-1)21-30-34(25)27-15-5-6-16-28(27)35-29-17-7-8-19-32(29)41(37(30)35)38-39-31-18-9-12-24-20-22-10-2-4-14-26(22)36(40-38)33(24)31/h1-19H,20-21H2. The highest BCUT2D eigenvalue weighted by molar-refractivity contribution is 6.26. The third-order valence-corrected chi connectivity index (χ3v) is 9.23. The van der Waals surface area contributed by atoms with Crippen LogP contribution in [0.3, 0.4) is 0 Å². The van der Waals surface area contributed by atoms with Gasteiger partial charge in [0.1, 0.15) is 0 Å². The molecule has 3 nitrogen and oxygen atoms in total. The van der Waals surface area contributed by atoms with Crippen LogP contribution in [0.25, 0.3) is 71.8 Å². The van der Waals surface area contributed by atoms with Crippen molar-refractivity contribution in [2.75, 3.05) is 0 Å². The lowest BCUT2D eigenvalue weighted by atomic mass is 9.88. The van der Waals surface area contributed by atoms with Gasteiger partial charge in [-0.15, -0.1) is 0 Å². The van der Waals surface area contributed by atoms with Crippen molar-refractivity contribution in [3.63, 3.8) is 0 Å². The van der Waals surface area contributed by atoms with Gasteiger partial charge in [0.15, 0.2) is 0 Å². The van der Waals surface area contributed by atoms with E-state index < -0.39 is 0 Å². The van der Waals surface area contributed by atoms with E-state index in [2.05, 4.69) is 120 Å². The Morgan fingerprint density at radius 3 is 2.07 bits per heavy atom. The van der Waals surface area contributed by atoms with Gasteiger partial charge in [0.2, 0.25) is 5.95 Å². The molecule has 0 fully saturated rings. The molecule has 2 heterocycles. The van der Waals surface area contributed by atoms with Crippen LogP contribution in [0.15, 0.2) is 115 Å². The fourth-order valence-corrected chi connectivity index (χ4v) is 7.59. The molecule has 0 atom stereocenters. The fourth-order valence-electron chi connectivity index (χ4n) is 7.59. The highest BCUT2D eigenvalue weighted by atomic mass is 15.2. The van der Waals surface area contributed by atoms with Crippen LogP contribution in [0.2, 0.25) is 0 Å². The van der Waals surface area contributed by atoms with Gasteiger partial charge in [-0.1, -0.05) is 103 Å². The molecule has 2 aromatic heterocycles. The molecular formula is C38H23N3. The van der Waals surface area contributed by atoms with Gasteiger partial charge in [0.25, 0.3) is 0 Å². The minimum Gasteiger partial charge on any atom is -0.278 e. The number of fused-ring (bicyclic) bond motifs is 12. The summed E-state index contributed by atoms with van der Waals surface area (Å²) in [6, 6.07) is 41.7. The van der Waals surface area contributed by atoms with Crippen LogP contribution in [0.5, 0.6) is 0 Å². The van der Waals surface area contributed by atoms with Gasteiger partial charge in [-0.3, -0.25) is 4.57 Å². The van der Waals surface area contributed by atoms with Crippen LogP contribution >= 0.6 is 0 Å². The Bertz CT molecular complexity index is 2430. The Kier molecular flexibility index (Phi) is 4.03. The molecular weight excluding hydrogens is 498 g/mol. The summed E-state index contributed by atoms with van der Waals surface area (Å²) >= 11 is 0. The minimum absolute atomic E-state index is 0.737. The predicted octanol–water partition coefficient (Wildman–Crippen LogP) is 9.02. The molecule has 0 spiro atoms. The summed E-state index contributed by atoms with van der Waals surface area (Å²) in [5, 5.41) is 6.30. The van der Waals surface area contributed by atoms with Crippen molar-refractivity contribution in [1.29, 1.82) is 0 Å². The van der Waals surface area contributed by atoms with Crippen molar-refractivity contribution in [1.82, 2.24) is 14.5 Å². The minimum atomic E-state index is 0.737. The molecule has 2 aliphatic carbocycles. The van der Waals surface area contributed by atoms with Crippen molar-refractivity contribution < 1.29 is 0 Å². The topological polar surface area (TPSA) is 30.7 Å². The van der Waals surface area contributed by atoms with E-state index in [9.17, 15) is 0 Å². The molecule has 6 aromatic carbocycles. The van der Waals surface area contributed by atoms with Gasteiger partial charge in [0, 0.05) is 28.1 Å². The summed E-state index contributed by atoms with van der Waals surface area (Å²) < 4.78 is 2.35. The first-order valence-corrected chi connectivity index (χ1v) is 14.3. The molecule has 0 aliphatic heterocycles. The van der Waals surface area contributed by atoms with Gasteiger partial charge in [0.05, 0.1) is 22.2 Å². The monoisotopic (exact) mass is 521 g/mol. The van der Waals surface area contributed by atoms with Gasteiger partial charge >= 0.3 is 0 Å². The molecule has 10 rings (SSSR count). The molecule has 190 valence electrons. The molecule has 0 unspecified atom stereocenters. The average Bonchev–Trinajstić information content (AvgIpc) is 3.58. The Morgan fingerprint density at radius 1 is 0.512 bits per heavy atom. The smallest absolute Gasteiger partial charge is 0.235 e. The van der Waals surface area contributed by atoms with Gasteiger partial charge in [-0.25, -0.2) is 9.97 Å². The lowest BCUT2D eigenvalue weighted by molar-refractivity contribution is 1.000. The Morgan fingerprint density at radius 2 is 1.20 bits per heavy atom. The quantitative estimate of drug-likeness (QED) is 0.216. The van der Waals surface area contributed by atoms with E-state index in [4.69, 9.17) is 9.97 Å². The number of hydrogen-bond acceptors (Lipinski definition) is 2. The number of para-hydroxylation sites is 1. The maximum atomic E-state index is 5.42. The van der Waals surface area contributed by atoms with Gasteiger partial charge < -0.3 is 0 Å². The lowest BCUT2D eigenvalue weighted by Gasteiger charge is -2.21. The Labute approximate surface area is 236 Å². The van der Waals surface area contributed by atoms with Crippen molar-refractivity contribution in [2.24, 2.45) is 0 Å². The fraction of sp³-hybridized carbons (Fsp3) is 0.0526. The first-order valence-electron chi connectivity index (χ1n) is 14.3. The number of nitrogens with zero attached hydrogens (tertiary/aromatic N) is 3. The zero-order valence-electron chi connectivity index (χ0n) is 22.2. The molecule has 0 saturated heterocycles. The SMILES string of the molecule is c1ccc2c(c1)Cc1c-2c2ccccc2c2c3ccccc3n(-c3nc4c5c(cccc5n3)Cc3ccccc3-4)c12. The van der Waals surface area contributed by atoms with Crippen molar-refractivity contribution in [3.8, 4) is 28.3 Å². The van der Waals surface area contributed by atoms with Gasteiger partial charge in [-0.05, 0) is 62.7 Å². The summed E-state index contributed by atoms with van der Waals surface area (Å²) in [4.78, 5) is 10.7. The van der Waals surface area contributed by atoms with E-state index in [0.717, 1.165) is 35.5 Å². The highest BCUT2D eigenvalue weighted by Crippen LogP contribution is 2.49. The van der Waals surface area contributed by atoms with Crippen LogP contribution in [0, 0.1) is 0 Å². The van der Waals surface area contributed by atoms with Crippen molar-refractivity contribution in [2.45, 2.75) is 12.8 Å². The summed E-state index contributed by atoms with van der Waals surface area (Å²) in [6.45, 7) is 0. The second kappa shape index (κ2) is 7.67. The lowest BCUT2D eigenvalue weighted by Crippen LogP contribution is -2.09. The molecule has 0 radical (unpaired) electrons. The van der Waals surface area contributed by atoms with Crippen molar-refractivity contribution in [3.05, 3.63) is 138 Å². The second-order valence-electron chi connectivity index (χ2n) is 11.3. The van der Waals surface area contributed by atoms with E-state index in [1.807, 2.05) is 0 Å². The molecule has 0 N–H and O–H groups in total. The largest absolute Gasteiger partial charge is 0.278 e. The van der Waals surface area contributed by atoms with E-state index in [-0.39, 0.29) is 0 Å². The van der Waals surface area contributed by atoms with Crippen LogP contribution in [-0.4, -0.2) is 14.5 Å². The molecule has 0 saturated carbocycles. The van der Waals surface area contributed by atoms with Crippen LogP contribution < -0.4 is 0 Å². The van der Waals surface area contributed by atoms with Crippen LogP contribution in [-0.2, 0) is 12.8 Å². The summed E-state index contributed by atoms with van der Waals surface area (Å²) in [5.74, 6) is 0.737. The van der Waals surface area contributed by atoms with E-state index in [1.165, 1.54) is 71.4 Å². The molecule has 3 heteroatoms. The normalized spacial score (nSPS) is 13.2. The summed E-state index contributed by atoms with van der Waals surface area (Å²) in [7, 11) is 0. The predicted molar refractivity (Wildman–Crippen MR) is 168 cm³/mol. The van der Waals surface area contributed by atoms with Gasteiger partial charge in [-0.2, -0.15) is 0 Å². The third-order valence-electron chi connectivity index (χ3n) is 9.23. The maximum absolute atomic E-state index is 5.42.